The minimum Gasteiger partial charge on any atom is -0.324 e. The van der Waals surface area contributed by atoms with Gasteiger partial charge in [0.05, 0.1) is 0 Å². The van der Waals surface area contributed by atoms with E-state index in [0.717, 1.165) is 9.13 Å². The third-order valence-corrected chi connectivity index (χ3v) is 2.92. The van der Waals surface area contributed by atoms with Gasteiger partial charge in [-0.25, -0.2) is 0 Å². The van der Waals surface area contributed by atoms with Crippen LogP contribution in [0.1, 0.15) is 30.9 Å². The van der Waals surface area contributed by atoms with Gasteiger partial charge in [-0.2, -0.15) is 13.2 Å². The molecule has 0 spiro atoms. The lowest BCUT2D eigenvalue weighted by Gasteiger charge is -2.13. The van der Waals surface area contributed by atoms with Crippen LogP contribution >= 0.6 is 22.6 Å². The second-order valence-electron chi connectivity index (χ2n) is 3.67. The van der Waals surface area contributed by atoms with E-state index in [4.69, 9.17) is 5.73 Å². The van der Waals surface area contributed by atoms with Gasteiger partial charge in [0.25, 0.3) is 0 Å². The van der Waals surface area contributed by atoms with Crippen molar-refractivity contribution in [3.05, 3.63) is 33.4 Å². The van der Waals surface area contributed by atoms with E-state index >= 15 is 0 Å². The number of benzene rings is 1. The Morgan fingerprint density at radius 2 is 2.00 bits per heavy atom. The summed E-state index contributed by atoms with van der Waals surface area (Å²) in [4.78, 5) is 0. The number of nitrogens with two attached hydrogens (primary N) is 1. The zero-order valence-corrected chi connectivity index (χ0v) is 10.8. The highest BCUT2D eigenvalue weighted by Crippen LogP contribution is 2.25. The molecule has 1 rings (SSSR count). The highest BCUT2D eigenvalue weighted by molar-refractivity contribution is 14.1. The summed E-state index contributed by atoms with van der Waals surface area (Å²) in [6.07, 6.45) is -4.40. The molecule has 0 aliphatic carbocycles. The highest BCUT2D eigenvalue weighted by atomic mass is 127. The van der Waals surface area contributed by atoms with E-state index in [1.807, 2.05) is 24.3 Å². The minimum absolute atomic E-state index is 0.0795. The van der Waals surface area contributed by atoms with Crippen LogP contribution in [-0.2, 0) is 0 Å². The van der Waals surface area contributed by atoms with E-state index in [-0.39, 0.29) is 12.5 Å². The maximum Gasteiger partial charge on any atom is 0.389 e. The second-order valence-corrected chi connectivity index (χ2v) is 4.91. The standard InChI is InChI=1S/C11H13F3IN/c12-11(13,14)6-2-5-10(16)8-3-1-4-9(15)7-8/h1,3-4,7,10H,2,5-6,16H2. The van der Waals surface area contributed by atoms with Crippen molar-refractivity contribution in [1.29, 1.82) is 0 Å². The molecule has 0 amide bonds. The third kappa shape index (κ3) is 5.16. The Hall–Kier alpha value is -0.300. The van der Waals surface area contributed by atoms with E-state index in [9.17, 15) is 13.2 Å². The molecule has 2 N–H and O–H groups in total. The van der Waals surface area contributed by atoms with Gasteiger partial charge < -0.3 is 5.73 Å². The zero-order valence-electron chi connectivity index (χ0n) is 8.60. The second kappa shape index (κ2) is 5.86. The van der Waals surface area contributed by atoms with E-state index in [0.29, 0.717) is 6.42 Å². The van der Waals surface area contributed by atoms with Crippen molar-refractivity contribution < 1.29 is 13.2 Å². The summed E-state index contributed by atoms with van der Waals surface area (Å²) in [6, 6.07) is 7.23. The van der Waals surface area contributed by atoms with Gasteiger partial charge in [-0.3, -0.25) is 0 Å². The molecule has 0 saturated carbocycles. The smallest absolute Gasteiger partial charge is 0.324 e. The Bertz CT molecular complexity index is 338. The lowest BCUT2D eigenvalue weighted by Crippen LogP contribution is -2.13. The van der Waals surface area contributed by atoms with Crippen molar-refractivity contribution in [2.45, 2.75) is 31.5 Å². The molecule has 1 nitrogen and oxygen atoms in total. The first-order valence-electron chi connectivity index (χ1n) is 4.96. The molecule has 1 atom stereocenters. The molecule has 1 aromatic carbocycles. The summed E-state index contributed by atoms with van der Waals surface area (Å²) in [6.45, 7) is 0. The first kappa shape index (κ1) is 13.8. The molecule has 0 radical (unpaired) electrons. The quantitative estimate of drug-likeness (QED) is 0.821. The largest absolute Gasteiger partial charge is 0.389 e. The minimum atomic E-state index is -4.08. The summed E-state index contributed by atoms with van der Waals surface area (Å²) in [7, 11) is 0. The van der Waals surface area contributed by atoms with Gasteiger partial charge in [0.1, 0.15) is 0 Å². The van der Waals surface area contributed by atoms with Crippen LogP contribution in [0.4, 0.5) is 13.2 Å². The van der Waals surface area contributed by atoms with Crippen LogP contribution in [0, 0.1) is 3.57 Å². The Balaban J connectivity index is 2.44. The predicted octanol–water partition coefficient (Wildman–Crippen LogP) is 4.02. The number of alkyl halides is 3. The van der Waals surface area contributed by atoms with E-state index in [1.54, 1.807) is 0 Å². The van der Waals surface area contributed by atoms with E-state index in [1.165, 1.54) is 0 Å². The van der Waals surface area contributed by atoms with Crippen LogP contribution in [0.2, 0.25) is 0 Å². The number of hydrogen-bond donors (Lipinski definition) is 1. The zero-order chi connectivity index (χ0) is 12.2. The number of rotatable bonds is 4. The fraction of sp³-hybridized carbons (Fsp3) is 0.455. The van der Waals surface area contributed by atoms with Crippen molar-refractivity contribution >= 4 is 22.6 Å². The fourth-order valence-electron chi connectivity index (χ4n) is 1.43. The third-order valence-electron chi connectivity index (χ3n) is 2.25. The summed E-state index contributed by atoms with van der Waals surface area (Å²) >= 11 is 2.15. The van der Waals surface area contributed by atoms with Crippen LogP contribution < -0.4 is 5.73 Å². The Morgan fingerprint density at radius 3 is 2.56 bits per heavy atom. The average Bonchev–Trinajstić information content (AvgIpc) is 2.15. The molecule has 0 aromatic heterocycles. The Morgan fingerprint density at radius 1 is 1.31 bits per heavy atom. The maximum absolute atomic E-state index is 11.9. The van der Waals surface area contributed by atoms with Gasteiger partial charge in [0.2, 0.25) is 0 Å². The van der Waals surface area contributed by atoms with Crippen molar-refractivity contribution in [3.8, 4) is 0 Å². The monoisotopic (exact) mass is 343 g/mol. The molecular weight excluding hydrogens is 330 g/mol. The molecule has 0 heterocycles. The molecule has 1 aromatic rings. The Labute approximate surface area is 106 Å². The molecule has 1 unspecified atom stereocenters. The summed E-state index contributed by atoms with van der Waals surface area (Å²) < 4.78 is 36.8. The molecule has 90 valence electrons. The molecule has 5 heteroatoms. The summed E-state index contributed by atoms with van der Waals surface area (Å²) in [5.74, 6) is 0. The Kier molecular flexibility index (Phi) is 5.04. The van der Waals surface area contributed by atoms with Gasteiger partial charge in [-0.1, -0.05) is 12.1 Å². The van der Waals surface area contributed by atoms with Crippen molar-refractivity contribution in [1.82, 2.24) is 0 Å². The lowest BCUT2D eigenvalue weighted by atomic mass is 10.0. The molecular formula is C11H13F3IN. The van der Waals surface area contributed by atoms with Gasteiger partial charge >= 0.3 is 6.18 Å². The van der Waals surface area contributed by atoms with Crippen LogP contribution in [-0.4, -0.2) is 6.18 Å². The van der Waals surface area contributed by atoms with E-state index < -0.39 is 12.6 Å². The molecule has 0 fully saturated rings. The van der Waals surface area contributed by atoms with Crippen molar-refractivity contribution in [3.63, 3.8) is 0 Å². The van der Waals surface area contributed by atoms with Gasteiger partial charge in [0, 0.05) is 16.0 Å². The van der Waals surface area contributed by atoms with E-state index in [2.05, 4.69) is 22.6 Å². The SMILES string of the molecule is NC(CCCC(F)(F)F)c1cccc(I)c1. The van der Waals surface area contributed by atoms with Gasteiger partial charge in [-0.05, 0) is 53.1 Å². The highest BCUT2D eigenvalue weighted by Gasteiger charge is 2.26. The first-order valence-corrected chi connectivity index (χ1v) is 6.04. The van der Waals surface area contributed by atoms with Crippen LogP contribution in [0.3, 0.4) is 0 Å². The van der Waals surface area contributed by atoms with Gasteiger partial charge in [-0.15, -0.1) is 0 Å². The summed E-state index contributed by atoms with van der Waals surface area (Å²) in [5.41, 5.74) is 6.72. The molecule has 0 saturated heterocycles. The van der Waals surface area contributed by atoms with Crippen molar-refractivity contribution in [2.24, 2.45) is 5.73 Å². The van der Waals surface area contributed by atoms with Crippen LogP contribution in [0.5, 0.6) is 0 Å². The molecule has 16 heavy (non-hydrogen) atoms. The number of hydrogen-bond acceptors (Lipinski definition) is 1. The first-order chi connectivity index (χ1) is 7.38. The van der Waals surface area contributed by atoms with Crippen LogP contribution in [0.25, 0.3) is 0 Å². The molecule has 0 aliphatic heterocycles. The average molecular weight is 343 g/mol. The number of halogens is 4. The topological polar surface area (TPSA) is 26.0 Å². The fourth-order valence-corrected chi connectivity index (χ4v) is 1.99. The van der Waals surface area contributed by atoms with Crippen LogP contribution in [0.15, 0.2) is 24.3 Å². The molecule has 0 aliphatic rings. The van der Waals surface area contributed by atoms with Crippen molar-refractivity contribution in [2.75, 3.05) is 0 Å². The lowest BCUT2D eigenvalue weighted by molar-refractivity contribution is -0.135. The van der Waals surface area contributed by atoms with Gasteiger partial charge in [0.15, 0.2) is 0 Å². The normalized spacial score (nSPS) is 13.8. The maximum atomic E-state index is 11.9. The predicted molar refractivity (Wildman–Crippen MR) is 66.0 cm³/mol. The summed E-state index contributed by atoms with van der Waals surface area (Å²) in [5, 5.41) is 0. The molecule has 0 bridgehead atoms.